The number of nitrogens with zero attached hydrogens (tertiary/aromatic N) is 2. The lowest BCUT2D eigenvalue weighted by Gasteiger charge is -2.13. The summed E-state index contributed by atoms with van der Waals surface area (Å²) in [7, 11) is 1.66. The maximum Gasteiger partial charge on any atom is 0.257 e. The van der Waals surface area contributed by atoms with E-state index in [0.717, 1.165) is 79.0 Å². The molecule has 0 saturated carbocycles. The van der Waals surface area contributed by atoms with E-state index in [0.29, 0.717) is 23.9 Å². The number of imidazole rings is 1. The number of benzene rings is 3. The predicted octanol–water partition coefficient (Wildman–Crippen LogP) is 6.80. The number of rotatable bonds is 17. The van der Waals surface area contributed by atoms with Crippen LogP contribution in [0.25, 0.3) is 11.0 Å². The molecular weight excluding hydrogens is 538 g/mol. The van der Waals surface area contributed by atoms with Crippen molar-refractivity contribution in [3.8, 4) is 17.2 Å². The maximum absolute atomic E-state index is 12.1. The predicted molar refractivity (Wildman–Crippen MR) is 164 cm³/mol. The van der Waals surface area contributed by atoms with Crippen molar-refractivity contribution in [2.24, 2.45) is 0 Å². The van der Waals surface area contributed by atoms with E-state index in [1.165, 1.54) is 0 Å². The van der Waals surface area contributed by atoms with Gasteiger partial charge in [-0.3, -0.25) is 4.79 Å². The second kappa shape index (κ2) is 15.7. The molecule has 1 heterocycles. The number of methoxy groups -OCH3 is 1. The average molecular weight is 576 g/mol. The minimum Gasteiger partial charge on any atom is -0.493 e. The van der Waals surface area contributed by atoms with Gasteiger partial charge in [-0.25, -0.2) is 4.98 Å². The van der Waals surface area contributed by atoms with Gasteiger partial charge in [-0.05, 0) is 79.8 Å². The third kappa shape index (κ3) is 9.02. The molecule has 1 N–H and O–H groups in total. The van der Waals surface area contributed by atoms with Crippen LogP contribution in [0.3, 0.4) is 0 Å². The Bertz CT molecular complexity index is 1420. The minimum absolute atomic E-state index is 0.0111. The summed E-state index contributed by atoms with van der Waals surface area (Å²) in [6.45, 7) is 5.80. The molecule has 7 nitrogen and oxygen atoms in total. The van der Waals surface area contributed by atoms with Gasteiger partial charge in [-0.1, -0.05) is 42.3 Å². The number of aromatic nitrogens is 2. The molecule has 0 radical (unpaired) electrons. The van der Waals surface area contributed by atoms with Gasteiger partial charge < -0.3 is 24.1 Å². The van der Waals surface area contributed by atoms with Crippen LogP contribution < -0.4 is 19.5 Å². The van der Waals surface area contributed by atoms with Crippen molar-refractivity contribution in [2.45, 2.75) is 45.1 Å². The fraction of sp³-hybridized carbons (Fsp3) is 0.333. The van der Waals surface area contributed by atoms with Crippen LogP contribution in [-0.2, 0) is 24.2 Å². The van der Waals surface area contributed by atoms with Gasteiger partial charge in [0.05, 0.1) is 24.8 Å². The van der Waals surface area contributed by atoms with Gasteiger partial charge in [-0.2, -0.15) is 0 Å². The van der Waals surface area contributed by atoms with Crippen LogP contribution in [0.5, 0.6) is 17.2 Å². The van der Waals surface area contributed by atoms with Gasteiger partial charge in [0.1, 0.15) is 11.6 Å². The van der Waals surface area contributed by atoms with E-state index in [1.54, 1.807) is 31.4 Å². The van der Waals surface area contributed by atoms with E-state index in [4.69, 9.17) is 30.8 Å². The molecule has 0 saturated heterocycles. The van der Waals surface area contributed by atoms with Gasteiger partial charge in [-0.15, -0.1) is 6.58 Å². The highest BCUT2D eigenvalue weighted by molar-refractivity contribution is 6.30. The fourth-order valence-corrected chi connectivity index (χ4v) is 4.76. The Kier molecular flexibility index (Phi) is 11.5. The number of ether oxygens (including phenoxy) is 3. The topological polar surface area (TPSA) is 74.6 Å². The van der Waals surface area contributed by atoms with Crippen molar-refractivity contribution in [3.05, 3.63) is 95.8 Å². The molecular formula is C33H38ClN3O4. The number of allylic oxidation sites excluding steroid dienone is 1. The van der Waals surface area contributed by atoms with E-state index in [-0.39, 0.29) is 12.5 Å². The van der Waals surface area contributed by atoms with Crippen LogP contribution in [0.4, 0.5) is 0 Å². The van der Waals surface area contributed by atoms with Crippen LogP contribution in [0, 0.1) is 0 Å². The van der Waals surface area contributed by atoms with Gasteiger partial charge in [0.15, 0.2) is 18.1 Å². The molecule has 0 fully saturated rings. The highest BCUT2D eigenvalue weighted by Gasteiger charge is 2.11. The van der Waals surface area contributed by atoms with Gasteiger partial charge in [0, 0.05) is 24.5 Å². The van der Waals surface area contributed by atoms with Crippen molar-refractivity contribution in [1.29, 1.82) is 0 Å². The van der Waals surface area contributed by atoms with E-state index >= 15 is 0 Å². The third-order valence-electron chi connectivity index (χ3n) is 6.71. The first kappa shape index (κ1) is 30.0. The Morgan fingerprint density at radius 3 is 2.63 bits per heavy atom. The molecule has 41 heavy (non-hydrogen) atoms. The normalized spacial score (nSPS) is 10.9. The lowest BCUT2D eigenvalue weighted by molar-refractivity contribution is -0.123. The SMILES string of the molecule is C=CCc1ccc(OCCCn2c(CCCCCNC(=O)COc3ccc(Cl)cc3)nc3ccccc32)c(OC)c1. The maximum atomic E-state index is 12.1. The Balaban J connectivity index is 1.21. The first-order valence-electron chi connectivity index (χ1n) is 14.1. The summed E-state index contributed by atoms with van der Waals surface area (Å²) < 4.78 is 19.4. The molecule has 0 aliphatic rings. The summed E-state index contributed by atoms with van der Waals surface area (Å²) in [5.74, 6) is 3.06. The van der Waals surface area contributed by atoms with Gasteiger partial charge >= 0.3 is 0 Å². The van der Waals surface area contributed by atoms with Crippen molar-refractivity contribution in [3.63, 3.8) is 0 Å². The van der Waals surface area contributed by atoms with Crippen LogP contribution in [-0.4, -0.2) is 42.3 Å². The zero-order valence-corrected chi connectivity index (χ0v) is 24.4. The molecule has 4 aromatic rings. The number of unbranched alkanes of at least 4 members (excludes halogenated alkanes) is 2. The highest BCUT2D eigenvalue weighted by atomic mass is 35.5. The smallest absolute Gasteiger partial charge is 0.257 e. The fourth-order valence-electron chi connectivity index (χ4n) is 4.64. The summed E-state index contributed by atoms with van der Waals surface area (Å²) in [5, 5.41) is 3.56. The van der Waals surface area contributed by atoms with Crippen molar-refractivity contribution < 1.29 is 19.0 Å². The molecule has 0 atom stereocenters. The molecule has 0 unspecified atom stereocenters. The van der Waals surface area contributed by atoms with Crippen molar-refractivity contribution >= 4 is 28.5 Å². The summed E-state index contributed by atoms with van der Waals surface area (Å²) in [6, 6.07) is 21.2. The number of para-hydroxylation sites is 2. The van der Waals surface area contributed by atoms with E-state index < -0.39 is 0 Å². The summed E-state index contributed by atoms with van der Waals surface area (Å²) >= 11 is 5.87. The molecule has 0 bridgehead atoms. The van der Waals surface area contributed by atoms with Crippen LogP contribution in [0.2, 0.25) is 5.02 Å². The molecule has 0 spiro atoms. The van der Waals surface area contributed by atoms with Gasteiger partial charge in [0.2, 0.25) is 0 Å². The van der Waals surface area contributed by atoms with E-state index in [1.807, 2.05) is 30.3 Å². The summed E-state index contributed by atoms with van der Waals surface area (Å²) in [5.41, 5.74) is 3.29. The zero-order valence-electron chi connectivity index (χ0n) is 23.6. The first-order chi connectivity index (χ1) is 20.1. The summed E-state index contributed by atoms with van der Waals surface area (Å²) in [4.78, 5) is 17.0. The monoisotopic (exact) mass is 575 g/mol. The minimum atomic E-state index is -0.130. The van der Waals surface area contributed by atoms with Gasteiger partial charge in [0.25, 0.3) is 5.91 Å². The third-order valence-corrected chi connectivity index (χ3v) is 6.96. The zero-order chi connectivity index (χ0) is 28.9. The molecule has 1 amide bonds. The van der Waals surface area contributed by atoms with Crippen molar-refractivity contribution in [2.75, 3.05) is 26.9 Å². The number of nitrogens with one attached hydrogen (secondary N) is 1. The number of carbonyl (C=O) groups excluding carboxylic acids is 1. The Hall–Kier alpha value is -3.97. The van der Waals surface area contributed by atoms with E-state index in [9.17, 15) is 4.79 Å². The molecule has 8 heteroatoms. The average Bonchev–Trinajstić information content (AvgIpc) is 3.34. The standard InChI is InChI=1S/C33H38ClN3O4/c1-3-10-25-14-19-30(31(23-25)39-2)40-22-9-21-37-29-12-7-6-11-28(29)36-32(37)13-5-4-8-20-35-33(38)24-41-27-17-15-26(34)16-18-27/h3,6-7,11-12,14-19,23H,1,4-5,8-10,13,20-22,24H2,2H3,(H,35,38). The molecule has 3 aromatic carbocycles. The largest absolute Gasteiger partial charge is 0.493 e. The van der Waals surface area contributed by atoms with Crippen LogP contribution in [0.15, 0.2) is 79.4 Å². The number of hydrogen-bond donors (Lipinski definition) is 1. The second-order valence-electron chi connectivity index (χ2n) is 9.75. The Labute approximate surface area is 247 Å². The number of aryl methyl sites for hydroxylation is 2. The molecule has 1 aromatic heterocycles. The lowest BCUT2D eigenvalue weighted by Crippen LogP contribution is -2.29. The Morgan fingerprint density at radius 2 is 1.83 bits per heavy atom. The van der Waals surface area contributed by atoms with Crippen LogP contribution >= 0.6 is 11.6 Å². The quantitative estimate of drug-likeness (QED) is 0.111. The van der Waals surface area contributed by atoms with Crippen molar-refractivity contribution in [1.82, 2.24) is 14.9 Å². The van der Waals surface area contributed by atoms with Crippen LogP contribution in [0.1, 0.15) is 37.1 Å². The lowest BCUT2D eigenvalue weighted by atomic mass is 10.1. The molecule has 0 aliphatic carbocycles. The summed E-state index contributed by atoms with van der Waals surface area (Å²) in [6.07, 6.45) is 7.27. The number of hydrogen-bond acceptors (Lipinski definition) is 5. The number of carbonyl (C=O) groups is 1. The first-order valence-corrected chi connectivity index (χ1v) is 14.4. The number of halogens is 1. The second-order valence-corrected chi connectivity index (χ2v) is 10.2. The number of fused-ring (bicyclic) bond motifs is 1. The molecule has 0 aliphatic heterocycles. The highest BCUT2D eigenvalue weighted by Crippen LogP contribution is 2.28. The van der Waals surface area contributed by atoms with E-state index in [2.05, 4.69) is 34.7 Å². The molecule has 216 valence electrons. The molecule has 4 rings (SSSR count). The Morgan fingerprint density at radius 1 is 1.00 bits per heavy atom. The number of amides is 1.